The Morgan fingerprint density at radius 2 is 2.00 bits per heavy atom. The van der Waals surface area contributed by atoms with E-state index in [1.807, 2.05) is 13.8 Å². The molecule has 1 fully saturated rings. The van der Waals surface area contributed by atoms with E-state index in [1.165, 1.54) is 12.0 Å². The average Bonchev–Trinajstić information content (AvgIpc) is 1.99. The Morgan fingerprint density at radius 3 is 2.17 bits per heavy atom. The molecule has 0 saturated carbocycles. The second kappa shape index (κ2) is 2.44. The minimum absolute atomic E-state index is 0.183. The van der Waals surface area contributed by atoms with Crippen molar-refractivity contribution in [3.63, 3.8) is 0 Å². The Morgan fingerprint density at radius 1 is 1.50 bits per heavy atom. The first-order valence-corrected chi connectivity index (χ1v) is 3.97. The molecule has 0 aromatic carbocycles. The monoisotopic (exact) mass is 173 g/mol. The zero-order valence-electron chi connectivity index (χ0n) is 7.92. The number of nitrogens with zero attached hydrogens (tertiary/aromatic N) is 1. The molecule has 0 aromatic rings. The summed E-state index contributed by atoms with van der Waals surface area (Å²) in [6, 6.07) is 0. The molecule has 1 rings (SSSR count). The molecule has 1 saturated heterocycles. The fourth-order valence-corrected chi connectivity index (χ4v) is 1.72. The zero-order valence-corrected chi connectivity index (χ0v) is 7.92. The predicted octanol–water partition coefficient (Wildman–Crippen LogP) is 0.657. The molecule has 1 atom stereocenters. The van der Waals surface area contributed by atoms with Crippen molar-refractivity contribution in [2.24, 2.45) is 0 Å². The van der Waals surface area contributed by atoms with E-state index in [2.05, 4.69) is 0 Å². The van der Waals surface area contributed by atoms with Gasteiger partial charge < -0.3 is 5.11 Å². The van der Waals surface area contributed by atoms with Crippen molar-refractivity contribution in [3.05, 3.63) is 0 Å². The number of carbonyl (C=O) groups excluding carboxylic acids is 1. The molecule has 1 heterocycles. The highest BCUT2D eigenvalue weighted by atomic mass is 16.8. The third kappa shape index (κ3) is 1.59. The summed E-state index contributed by atoms with van der Waals surface area (Å²) in [5.74, 6) is -1.40. The summed E-state index contributed by atoms with van der Waals surface area (Å²) in [7, 11) is 0. The van der Waals surface area contributed by atoms with Crippen LogP contribution in [0.3, 0.4) is 0 Å². The standard InChI is InChI=1S/C8H15NO3/c1-6(10)9-7(2,3)5-8(4,11)12-9/h11H,5H2,1-4H3. The maximum atomic E-state index is 11.0. The summed E-state index contributed by atoms with van der Waals surface area (Å²) >= 11 is 0. The highest BCUT2D eigenvalue weighted by Crippen LogP contribution is 2.36. The van der Waals surface area contributed by atoms with Crippen molar-refractivity contribution < 1.29 is 14.7 Å². The molecule has 0 aromatic heterocycles. The maximum Gasteiger partial charge on any atom is 0.243 e. The molecule has 1 aliphatic heterocycles. The van der Waals surface area contributed by atoms with E-state index in [0.717, 1.165) is 0 Å². The fraction of sp³-hybridized carbons (Fsp3) is 0.875. The van der Waals surface area contributed by atoms with E-state index in [4.69, 9.17) is 4.84 Å². The lowest BCUT2D eigenvalue weighted by Gasteiger charge is -2.26. The van der Waals surface area contributed by atoms with Gasteiger partial charge in [0.2, 0.25) is 5.91 Å². The molecule has 1 aliphatic rings. The minimum atomic E-state index is -1.21. The number of amides is 1. The van der Waals surface area contributed by atoms with Gasteiger partial charge in [-0.1, -0.05) is 0 Å². The van der Waals surface area contributed by atoms with Crippen LogP contribution in [0, 0.1) is 0 Å². The molecule has 1 amide bonds. The second-order valence-electron chi connectivity index (χ2n) is 4.07. The fourth-order valence-electron chi connectivity index (χ4n) is 1.72. The van der Waals surface area contributed by atoms with Gasteiger partial charge in [0.15, 0.2) is 5.79 Å². The van der Waals surface area contributed by atoms with Crippen LogP contribution in [0.5, 0.6) is 0 Å². The first-order chi connectivity index (χ1) is 5.25. The summed E-state index contributed by atoms with van der Waals surface area (Å²) in [6.07, 6.45) is 0.430. The van der Waals surface area contributed by atoms with E-state index in [1.54, 1.807) is 6.92 Å². The van der Waals surface area contributed by atoms with Crippen LogP contribution in [-0.2, 0) is 9.63 Å². The van der Waals surface area contributed by atoms with Crippen molar-refractivity contribution in [1.29, 1.82) is 0 Å². The van der Waals surface area contributed by atoms with Gasteiger partial charge in [0.25, 0.3) is 0 Å². The molecule has 4 heteroatoms. The summed E-state index contributed by atoms with van der Waals surface area (Å²) in [5, 5.41) is 10.8. The SMILES string of the molecule is CC(=O)N1OC(C)(O)CC1(C)C. The number of hydrogen-bond acceptors (Lipinski definition) is 3. The van der Waals surface area contributed by atoms with Crippen LogP contribution in [0.1, 0.15) is 34.1 Å². The zero-order chi connectivity index (χ0) is 9.57. The molecule has 0 spiro atoms. The Hall–Kier alpha value is -0.610. The highest BCUT2D eigenvalue weighted by molar-refractivity contribution is 5.73. The van der Waals surface area contributed by atoms with Crippen LogP contribution in [-0.4, -0.2) is 27.4 Å². The van der Waals surface area contributed by atoms with E-state index in [0.29, 0.717) is 6.42 Å². The quantitative estimate of drug-likeness (QED) is 0.585. The number of aliphatic hydroxyl groups is 1. The van der Waals surface area contributed by atoms with E-state index in [9.17, 15) is 9.90 Å². The van der Waals surface area contributed by atoms with Gasteiger partial charge in [0.05, 0.1) is 5.54 Å². The molecule has 1 unspecified atom stereocenters. The largest absolute Gasteiger partial charge is 0.364 e. The Labute approximate surface area is 72.1 Å². The van der Waals surface area contributed by atoms with Gasteiger partial charge in [-0.25, -0.2) is 9.90 Å². The van der Waals surface area contributed by atoms with Gasteiger partial charge >= 0.3 is 0 Å². The smallest absolute Gasteiger partial charge is 0.243 e. The topological polar surface area (TPSA) is 49.8 Å². The Kier molecular flexibility index (Phi) is 1.92. The maximum absolute atomic E-state index is 11.0. The van der Waals surface area contributed by atoms with Crippen LogP contribution in [0.4, 0.5) is 0 Å². The molecule has 0 aliphatic carbocycles. The van der Waals surface area contributed by atoms with Gasteiger partial charge in [0.1, 0.15) is 0 Å². The molecular weight excluding hydrogens is 158 g/mol. The van der Waals surface area contributed by atoms with Crippen molar-refractivity contribution in [1.82, 2.24) is 5.06 Å². The second-order valence-corrected chi connectivity index (χ2v) is 4.07. The molecule has 4 nitrogen and oxygen atoms in total. The average molecular weight is 173 g/mol. The van der Waals surface area contributed by atoms with Gasteiger partial charge in [-0.05, 0) is 20.8 Å². The summed E-state index contributed by atoms with van der Waals surface area (Å²) in [5.41, 5.74) is -0.421. The summed E-state index contributed by atoms with van der Waals surface area (Å²) < 4.78 is 0. The van der Waals surface area contributed by atoms with Gasteiger partial charge in [-0.15, -0.1) is 0 Å². The lowest BCUT2D eigenvalue weighted by atomic mass is 9.97. The summed E-state index contributed by atoms with van der Waals surface area (Å²) in [4.78, 5) is 16.1. The van der Waals surface area contributed by atoms with Crippen LogP contribution in [0.15, 0.2) is 0 Å². The number of hydrogen-bond donors (Lipinski definition) is 1. The lowest BCUT2D eigenvalue weighted by Crippen LogP contribution is -2.40. The molecular formula is C8H15NO3. The third-order valence-electron chi connectivity index (χ3n) is 1.88. The van der Waals surface area contributed by atoms with Gasteiger partial charge in [0, 0.05) is 13.3 Å². The van der Waals surface area contributed by atoms with Crippen molar-refractivity contribution in [2.45, 2.75) is 45.4 Å². The minimum Gasteiger partial charge on any atom is -0.364 e. The van der Waals surface area contributed by atoms with Crippen molar-refractivity contribution in [3.8, 4) is 0 Å². The number of rotatable bonds is 0. The Balaban J connectivity index is 2.85. The molecule has 0 radical (unpaired) electrons. The molecule has 1 N–H and O–H groups in total. The van der Waals surface area contributed by atoms with Crippen LogP contribution in [0.25, 0.3) is 0 Å². The first-order valence-electron chi connectivity index (χ1n) is 3.97. The van der Waals surface area contributed by atoms with E-state index >= 15 is 0 Å². The predicted molar refractivity (Wildman–Crippen MR) is 42.9 cm³/mol. The van der Waals surface area contributed by atoms with Gasteiger partial charge in [-0.2, -0.15) is 0 Å². The molecule has 70 valence electrons. The highest BCUT2D eigenvalue weighted by Gasteiger charge is 2.47. The van der Waals surface area contributed by atoms with Crippen LogP contribution < -0.4 is 0 Å². The van der Waals surface area contributed by atoms with Gasteiger partial charge in [-0.3, -0.25) is 4.79 Å². The van der Waals surface area contributed by atoms with Crippen molar-refractivity contribution in [2.75, 3.05) is 0 Å². The third-order valence-corrected chi connectivity index (χ3v) is 1.88. The number of carbonyl (C=O) groups is 1. The Bertz CT molecular complexity index is 210. The van der Waals surface area contributed by atoms with E-state index in [-0.39, 0.29) is 5.91 Å². The van der Waals surface area contributed by atoms with Crippen molar-refractivity contribution >= 4 is 5.91 Å². The van der Waals surface area contributed by atoms with Crippen LogP contribution >= 0.6 is 0 Å². The molecule has 12 heavy (non-hydrogen) atoms. The normalized spacial score (nSPS) is 33.9. The summed E-state index contributed by atoms with van der Waals surface area (Å²) in [6.45, 7) is 6.69. The lowest BCUT2D eigenvalue weighted by molar-refractivity contribution is -0.272. The first kappa shape index (κ1) is 9.48. The van der Waals surface area contributed by atoms with E-state index < -0.39 is 11.3 Å². The number of hydroxylamine groups is 2. The molecule has 0 bridgehead atoms. The van der Waals surface area contributed by atoms with Crippen LogP contribution in [0.2, 0.25) is 0 Å².